The van der Waals surface area contributed by atoms with E-state index < -0.39 is 5.82 Å². The van der Waals surface area contributed by atoms with Crippen LogP contribution >= 0.6 is 0 Å². The van der Waals surface area contributed by atoms with Crippen LogP contribution in [-0.4, -0.2) is 42.3 Å². The third-order valence-electron chi connectivity index (χ3n) is 5.65. The van der Waals surface area contributed by atoms with E-state index in [4.69, 9.17) is 4.74 Å². The van der Waals surface area contributed by atoms with Gasteiger partial charge in [0.05, 0.1) is 42.1 Å². The Morgan fingerprint density at radius 1 is 0.882 bits per heavy atom. The zero-order chi connectivity index (χ0) is 23.2. The molecule has 0 unspecified atom stereocenters. The second-order valence-electron chi connectivity index (χ2n) is 7.80. The fourth-order valence-corrected chi connectivity index (χ4v) is 4.07. The van der Waals surface area contributed by atoms with Crippen molar-refractivity contribution in [3.63, 3.8) is 0 Å². The topological polar surface area (TPSA) is 113 Å². The molecule has 0 bridgehead atoms. The van der Waals surface area contributed by atoms with E-state index in [2.05, 4.69) is 30.1 Å². The van der Waals surface area contributed by atoms with Crippen molar-refractivity contribution in [2.75, 3.05) is 7.11 Å². The molecule has 5 aromatic heterocycles. The molecular weight excluding hydrogens is 435 g/mol. The van der Waals surface area contributed by atoms with Gasteiger partial charge in [0.1, 0.15) is 23.0 Å². The molecule has 5 heterocycles. The van der Waals surface area contributed by atoms with Crippen molar-refractivity contribution < 1.29 is 14.2 Å². The maximum atomic E-state index is 13.9. The van der Waals surface area contributed by atoms with Gasteiger partial charge in [0.2, 0.25) is 0 Å². The van der Waals surface area contributed by atoms with Crippen molar-refractivity contribution in [2.45, 2.75) is 0 Å². The molecule has 8 nitrogen and oxygen atoms in total. The summed E-state index contributed by atoms with van der Waals surface area (Å²) in [5.41, 5.74) is 5.65. The summed E-state index contributed by atoms with van der Waals surface area (Å²) in [5, 5.41) is 19.0. The normalized spacial score (nSPS) is 11.4. The predicted octanol–water partition coefficient (Wildman–Crippen LogP) is 5.08. The summed E-state index contributed by atoms with van der Waals surface area (Å²) in [4.78, 5) is 16.5. The van der Waals surface area contributed by atoms with Crippen LogP contribution in [0.2, 0.25) is 0 Å². The number of hydrogen-bond donors (Lipinski definition) is 3. The van der Waals surface area contributed by atoms with Gasteiger partial charge in [-0.15, -0.1) is 0 Å². The Morgan fingerprint density at radius 2 is 1.76 bits per heavy atom. The van der Waals surface area contributed by atoms with Gasteiger partial charge in [-0.3, -0.25) is 20.1 Å². The molecule has 0 aliphatic carbocycles. The van der Waals surface area contributed by atoms with Crippen molar-refractivity contribution in [1.29, 1.82) is 0 Å². The number of aromatic nitrogens is 6. The van der Waals surface area contributed by atoms with Gasteiger partial charge >= 0.3 is 0 Å². The Hall–Kier alpha value is -4.79. The van der Waals surface area contributed by atoms with Gasteiger partial charge in [-0.05, 0) is 36.4 Å². The van der Waals surface area contributed by atoms with Crippen LogP contribution in [0.15, 0.2) is 67.3 Å². The number of nitrogens with one attached hydrogen (secondary N) is 2. The Morgan fingerprint density at radius 3 is 2.62 bits per heavy atom. The third kappa shape index (κ3) is 3.30. The van der Waals surface area contributed by atoms with Crippen molar-refractivity contribution >= 4 is 21.8 Å². The maximum Gasteiger partial charge on any atom is 0.137 e. The van der Waals surface area contributed by atoms with Crippen molar-refractivity contribution in [3.8, 4) is 45.4 Å². The minimum atomic E-state index is -0.532. The lowest BCUT2D eigenvalue weighted by molar-refractivity contribution is 0.413. The highest BCUT2D eigenvalue weighted by atomic mass is 19.1. The number of nitrogens with zero attached hydrogens (tertiary/aromatic N) is 4. The number of hydrogen-bond acceptors (Lipinski definition) is 6. The fourth-order valence-electron chi connectivity index (χ4n) is 4.07. The largest absolute Gasteiger partial charge is 0.508 e. The number of H-pyrrole nitrogens is 2. The summed E-state index contributed by atoms with van der Waals surface area (Å²) < 4.78 is 19.2. The van der Waals surface area contributed by atoms with E-state index in [9.17, 15) is 9.50 Å². The zero-order valence-corrected chi connectivity index (χ0v) is 17.9. The zero-order valence-electron chi connectivity index (χ0n) is 17.9. The number of rotatable bonds is 4. The third-order valence-corrected chi connectivity index (χ3v) is 5.65. The summed E-state index contributed by atoms with van der Waals surface area (Å²) in [6.07, 6.45) is 6.73. The lowest BCUT2D eigenvalue weighted by atomic mass is 10.1. The van der Waals surface area contributed by atoms with Crippen molar-refractivity contribution in [2.24, 2.45) is 0 Å². The number of halogens is 1. The maximum absolute atomic E-state index is 13.9. The summed E-state index contributed by atoms with van der Waals surface area (Å²) in [7, 11) is 1.59. The van der Waals surface area contributed by atoms with E-state index in [1.54, 1.807) is 31.9 Å². The van der Waals surface area contributed by atoms with Gasteiger partial charge in [0.15, 0.2) is 0 Å². The van der Waals surface area contributed by atoms with E-state index >= 15 is 0 Å². The van der Waals surface area contributed by atoms with Gasteiger partial charge in [0.25, 0.3) is 0 Å². The van der Waals surface area contributed by atoms with Crippen LogP contribution in [0.5, 0.6) is 11.5 Å². The highest BCUT2D eigenvalue weighted by Crippen LogP contribution is 2.35. The number of phenolic OH excluding ortho intramolecular Hbond substituents is 1. The van der Waals surface area contributed by atoms with E-state index in [0.717, 1.165) is 44.8 Å². The molecule has 3 N–H and O–H groups in total. The first kappa shape index (κ1) is 19.9. The Labute approximate surface area is 192 Å². The van der Waals surface area contributed by atoms with E-state index in [0.29, 0.717) is 22.7 Å². The summed E-state index contributed by atoms with van der Waals surface area (Å²) in [6.45, 7) is 0. The molecule has 166 valence electrons. The van der Waals surface area contributed by atoms with Crippen molar-refractivity contribution in [3.05, 3.63) is 73.1 Å². The monoisotopic (exact) mass is 452 g/mol. The van der Waals surface area contributed by atoms with Crippen LogP contribution in [-0.2, 0) is 0 Å². The highest BCUT2D eigenvalue weighted by Gasteiger charge is 2.16. The molecule has 0 aliphatic rings. The smallest absolute Gasteiger partial charge is 0.137 e. The molecule has 0 saturated carbocycles. The summed E-state index contributed by atoms with van der Waals surface area (Å²) >= 11 is 0. The van der Waals surface area contributed by atoms with Gasteiger partial charge < -0.3 is 14.8 Å². The number of fused-ring (bicyclic) bond motifs is 2. The number of phenols is 1. The Bertz CT molecular complexity index is 1670. The lowest BCUT2D eigenvalue weighted by Crippen LogP contribution is -1.88. The summed E-state index contributed by atoms with van der Waals surface area (Å²) in [5.74, 6) is -0.0457. The molecule has 9 heteroatoms. The SMILES string of the molecule is COc1cncc(-c2cc3c(-c4cc5c(-c6cc(O)cc(F)c6)nccc5[nH]4)n[nH]c3cn2)c1. The molecule has 0 saturated heterocycles. The molecule has 1 aromatic carbocycles. The average molecular weight is 452 g/mol. The molecule has 6 rings (SSSR count). The van der Waals surface area contributed by atoms with Crippen molar-refractivity contribution in [1.82, 2.24) is 30.1 Å². The van der Waals surface area contributed by atoms with Crippen LogP contribution < -0.4 is 4.74 Å². The molecule has 0 fully saturated rings. The molecule has 0 amide bonds. The van der Waals surface area contributed by atoms with Crippen LogP contribution in [0.25, 0.3) is 55.7 Å². The molecule has 0 aliphatic heterocycles. The first-order valence-electron chi connectivity index (χ1n) is 10.4. The number of aromatic hydroxyl groups is 1. The summed E-state index contributed by atoms with van der Waals surface area (Å²) in [6, 6.07) is 11.5. The van der Waals surface area contributed by atoms with Gasteiger partial charge in [-0.1, -0.05) is 0 Å². The van der Waals surface area contributed by atoms with E-state index in [-0.39, 0.29) is 5.75 Å². The second kappa shape index (κ2) is 7.66. The minimum Gasteiger partial charge on any atom is -0.508 e. The molecule has 34 heavy (non-hydrogen) atoms. The van der Waals surface area contributed by atoms with Gasteiger partial charge in [0, 0.05) is 45.9 Å². The molecule has 0 radical (unpaired) electrons. The van der Waals surface area contributed by atoms with Crippen LogP contribution in [0, 0.1) is 5.82 Å². The van der Waals surface area contributed by atoms with Gasteiger partial charge in [-0.2, -0.15) is 5.10 Å². The van der Waals surface area contributed by atoms with Crippen LogP contribution in [0.1, 0.15) is 0 Å². The number of pyridine rings is 3. The predicted molar refractivity (Wildman–Crippen MR) is 126 cm³/mol. The van der Waals surface area contributed by atoms with Gasteiger partial charge in [-0.25, -0.2) is 4.39 Å². The fraction of sp³-hybridized carbons (Fsp3) is 0.0400. The number of aromatic amines is 2. The quantitative estimate of drug-likeness (QED) is 0.344. The Kier molecular flexibility index (Phi) is 4.48. The first-order valence-corrected chi connectivity index (χ1v) is 10.4. The van der Waals surface area contributed by atoms with E-state index in [1.165, 1.54) is 12.1 Å². The second-order valence-corrected chi connectivity index (χ2v) is 7.80. The molecular formula is C25H17FN6O2. The highest BCUT2D eigenvalue weighted by molar-refractivity contribution is 6.00. The standard InChI is InChI=1S/C25H17FN6O2/c1-34-17-6-14(10-27-11-17)21-8-19-23(12-29-21)31-32-25(19)22-9-18-20(30-22)2-3-28-24(18)13-4-15(26)7-16(33)5-13/h2-12,30,33H,1H3,(H,31,32). The van der Waals surface area contributed by atoms with Crippen LogP contribution in [0.4, 0.5) is 4.39 Å². The lowest BCUT2D eigenvalue weighted by Gasteiger charge is -2.04. The molecule has 0 spiro atoms. The first-order chi connectivity index (χ1) is 16.6. The molecule has 6 aromatic rings. The van der Waals surface area contributed by atoms with E-state index in [1.807, 2.05) is 24.3 Å². The average Bonchev–Trinajstić information content (AvgIpc) is 3.46. The number of ether oxygens (including phenoxy) is 1. The van der Waals surface area contributed by atoms with Crippen LogP contribution in [0.3, 0.4) is 0 Å². The Balaban J connectivity index is 1.49. The minimum absolute atomic E-state index is 0.157. The molecule has 0 atom stereocenters. The number of benzene rings is 1. The number of methoxy groups -OCH3 is 1.